The van der Waals surface area contributed by atoms with E-state index in [2.05, 4.69) is 6.58 Å². The zero-order valence-electron chi connectivity index (χ0n) is 26.0. The molecule has 0 spiro atoms. The minimum Gasteiger partial charge on any atom is -0.463 e. The monoisotopic (exact) mass is 626 g/mol. The first-order chi connectivity index (χ1) is 21.2. The largest absolute Gasteiger partial charge is 0.463 e. The lowest BCUT2D eigenvalue weighted by Gasteiger charge is -2.09. The molecule has 0 aliphatic rings. The van der Waals surface area contributed by atoms with Gasteiger partial charge in [0.25, 0.3) is 0 Å². The Balaban J connectivity index is 3.07. The normalized spacial score (nSPS) is 11.1. The molecule has 0 aromatic rings. The number of rotatable bonds is 36. The van der Waals surface area contributed by atoms with Gasteiger partial charge in [0.05, 0.1) is 132 Å². The third-order valence-electron chi connectivity index (χ3n) is 4.93. The maximum Gasteiger partial charge on any atom is 0.330 e. The molecule has 0 radical (unpaired) electrons. The van der Waals surface area contributed by atoms with E-state index in [1.165, 1.54) is 0 Å². The van der Waals surface area contributed by atoms with Crippen molar-refractivity contribution < 1.29 is 66.4 Å². The van der Waals surface area contributed by atoms with E-state index >= 15 is 0 Å². The summed E-state index contributed by atoms with van der Waals surface area (Å²) >= 11 is 0. The molecule has 14 heteroatoms. The summed E-state index contributed by atoms with van der Waals surface area (Å²) in [6.45, 7) is 14.9. The molecule has 0 amide bonds. The van der Waals surface area contributed by atoms with Crippen LogP contribution in [-0.2, 0) is 66.4 Å². The van der Waals surface area contributed by atoms with Gasteiger partial charge in [-0.05, 0) is 6.42 Å². The minimum atomic E-state index is -0.462. The first kappa shape index (κ1) is 41.3. The van der Waals surface area contributed by atoms with Crippen LogP contribution in [0.15, 0.2) is 12.7 Å². The average Bonchev–Trinajstić information content (AvgIpc) is 3.01. The topological polar surface area (TPSA) is 145 Å². The molecular formula is C29H54O14. The zero-order chi connectivity index (χ0) is 31.3. The Hall–Kier alpha value is -1.72. The number of esters is 2. The average molecular weight is 627 g/mol. The molecule has 0 saturated heterocycles. The first-order valence-electron chi connectivity index (χ1n) is 14.9. The fourth-order valence-electron chi connectivity index (χ4n) is 2.83. The van der Waals surface area contributed by atoms with E-state index in [0.717, 1.165) is 12.5 Å². The highest BCUT2D eigenvalue weighted by molar-refractivity contribution is 5.81. The minimum absolute atomic E-state index is 0.192. The van der Waals surface area contributed by atoms with Crippen LogP contribution in [0.25, 0.3) is 0 Å². The van der Waals surface area contributed by atoms with Crippen molar-refractivity contribution in [2.24, 2.45) is 0 Å². The lowest BCUT2D eigenvalue weighted by atomic mass is 10.3. The summed E-state index contributed by atoms with van der Waals surface area (Å²) in [5.74, 6) is -0.654. The molecule has 0 heterocycles. The van der Waals surface area contributed by atoms with E-state index in [9.17, 15) is 9.59 Å². The molecular weight excluding hydrogens is 572 g/mol. The number of ether oxygens (including phenoxy) is 12. The molecule has 0 bridgehead atoms. The van der Waals surface area contributed by atoms with Gasteiger partial charge in [-0.25, -0.2) is 4.79 Å². The maximum absolute atomic E-state index is 11.2. The van der Waals surface area contributed by atoms with Crippen molar-refractivity contribution in [1.82, 2.24) is 0 Å². The van der Waals surface area contributed by atoms with E-state index in [1.807, 2.05) is 6.92 Å². The molecule has 0 saturated carbocycles. The molecule has 0 aromatic carbocycles. The Kier molecular flexibility index (Phi) is 35.0. The van der Waals surface area contributed by atoms with Crippen LogP contribution in [0.4, 0.5) is 0 Å². The summed E-state index contributed by atoms with van der Waals surface area (Å²) in [5.41, 5.74) is 0. The van der Waals surface area contributed by atoms with Gasteiger partial charge in [0.15, 0.2) is 0 Å². The molecule has 0 aliphatic carbocycles. The Morgan fingerprint density at radius 3 is 0.884 bits per heavy atom. The third kappa shape index (κ3) is 36.4. The first-order valence-corrected chi connectivity index (χ1v) is 14.9. The van der Waals surface area contributed by atoms with Crippen molar-refractivity contribution >= 4 is 11.9 Å². The summed E-state index contributed by atoms with van der Waals surface area (Å²) < 4.78 is 63.7. The van der Waals surface area contributed by atoms with Crippen molar-refractivity contribution in [1.29, 1.82) is 0 Å². The van der Waals surface area contributed by atoms with E-state index in [-0.39, 0.29) is 19.2 Å². The van der Waals surface area contributed by atoms with Gasteiger partial charge in [-0.1, -0.05) is 13.5 Å². The van der Waals surface area contributed by atoms with Crippen molar-refractivity contribution in [3.63, 3.8) is 0 Å². The van der Waals surface area contributed by atoms with Gasteiger partial charge in [-0.2, -0.15) is 0 Å². The molecule has 43 heavy (non-hydrogen) atoms. The fraction of sp³-hybridized carbons (Fsp3) is 0.862. The molecule has 14 nitrogen and oxygen atoms in total. The quantitative estimate of drug-likeness (QED) is 0.0558. The van der Waals surface area contributed by atoms with Gasteiger partial charge >= 0.3 is 11.9 Å². The number of carbonyl (C=O) groups is 2. The number of hydrogen-bond donors (Lipinski definition) is 0. The highest BCUT2D eigenvalue weighted by atomic mass is 16.6. The highest BCUT2D eigenvalue weighted by Gasteiger charge is 2.00. The van der Waals surface area contributed by atoms with E-state index in [1.54, 1.807) is 0 Å². The van der Waals surface area contributed by atoms with Gasteiger partial charge in [-0.3, -0.25) is 4.79 Å². The van der Waals surface area contributed by atoms with E-state index < -0.39 is 5.97 Å². The van der Waals surface area contributed by atoms with Gasteiger partial charge in [0.1, 0.15) is 13.2 Å². The second kappa shape index (κ2) is 36.5. The molecule has 0 rings (SSSR count). The smallest absolute Gasteiger partial charge is 0.330 e. The Bertz CT molecular complexity index is 608. The molecule has 0 aliphatic heterocycles. The summed E-state index contributed by atoms with van der Waals surface area (Å²) in [7, 11) is 0. The maximum atomic E-state index is 11.2. The van der Waals surface area contributed by atoms with Crippen molar-refractivity contribution in [2.75, 3.05) is 145 Å². The van der Waals surface area contributed by atoms with Gasteiger partial charge in [0, 0.05) is 12.5 Å². The van der Waals surface area contributed by atoms with Crippen LogP contribution >= 0.6 is 0 Å². The van der Waals surface area contributed by atoms with Gasteiger partial charge in [-0.15, -0.1) is 0 Å². The lowest BCUT2D eigenvalue weighted by molar-refractivity contribution is -0.145. The van der Waals surface area contributed by atoms with E-state index in [4.69, 9.17) is 56.8 Å². The SMILES string of the molecule is C=CC(=O)OCCOCCOCCOCCOCCOCCOCCOCCOCCOCCOCCOC(=O)CCC. The van der Waals surface area contributed by atoms with Crippen molar-refractivity contribution in [2.45, 2.75) is 19.8 Å². The molecule has 0 atom stereocenters. The summed E-state index contributed by atoms with van der Waals surface area (Å²) in [5, 5.41) is 0. The standard InChI is InChI=1S/C29H54O14/c1-3-5-29(31)43-27-25-41-23-21-39-19-17-37-15-13-35-11-9-33-7-6-32-8-10-34-12-14-36-16-18-38-20-22-40-24-26-42-28(30)4-2/h4H,2-3,5-27H2,1H3. The second-order valence-electron chi connectivity index (χ2n) is 8.47. The highest BCUT2D eigenvalue weighted by Crippen LogP contribution is 1.91. The predicted octanol–water partition coefficient (Wildman–Crippen LogP) is 1.22. The zero-order valence-corrected chi connectivity index (χ0v) is 26.0. The van der Waals surface area contributed by atoms with Crippen LogP contribution in [-0.4, -0.2) is 157 Å². The Labute approximate surface area is 256 Å². The molecule has 0 N–H and O–H groups in total. The van der Waals surface area contributed by atoms with Crippen LogP contribution in [0.2, 0.25) is 0 Å². The van der Waals surface area contributed by atoms with Crippen LogP contribution in [0.3, 0.4) is 0 Å². The van der Waals surface area contributed by atoms with Crippen LogP contribution in [0.5, 0.6) is 0 Å². The predicted molar refractivity (Wildman–Crippen MR) is 155 cm³/mol. The van der Waals surface area contributed by atoms with Crippen LogP contribution in [0.1, 0.15) is 19.8 Å². The van der Waals surface area contributed by atoms with Gasteiger partial charge in [0.2, 0.25) is 0 Å². The molecule has 0 aromatic heterocycles. The Morgan fingerprint density at radius 2 is 0.651 bits per heavy atom. The Morgan fingerprint density at radius 1 is 0.419 bits per heavy atom. The summed E-state index contributed by atoms with van der Waals surface area (Å²) in [4.78, 5) is 22.0. The second-order valence-corrected chi connectivity index (χ2v) is 8.47. The van der Waals surface area contributed by atoms with E-state index in [0.29, 0.717) is 139 Å². The lowest BCUT2D eigenvalue weighted by Crippen LogP contribution is -2.15. The van der Waals surface area contributed by atoms with Crippen LogP contribution < -0.4 is 0 Å². The summed E-state index contributed by atoms with van der Waals surface area (Å²) in [6.07, 6.45) is 2.33. The summed E-state index contributed by atoms with van der Waals surface area (Å²) in [6, 6.07) is 0. The number of carbonyl (C=O) groups excluding carboxylic acids is 2. The molecule has 0 fully saturated rings. The van der Waals surface area contributed by atoms with Crippen molar-refractivity contribution in [3.8, 4) is 0 Å². The third-order valence-corrected chi connectivity index (χ3v) is 4.93. The number of hydrogen-bond acceptors (Lipinski definition) is 14. The van der Waals surface area contributed by atoms with Gasteiger partial charge < -0.3 is 56.8 Å². The molecule has 254 valence electrons. The van der Waals surface area contributed by atoms with Crippen molar-refractivity contribution in [3.05, 3.63) is 12.7 Å². The van der Waals surface area contributed by atoms with Crippen LogP contribution in [0, 0.1) is 0 Å². The molecule has 0 unspecified atom stereocenters. The fourth-order valence-corrected chi connectivity index (χ4v) is 2.83.